The van der Waals surface area contributed by atoms with E-state index in [4.69, 9.17) is 9.47 Å². The van der Waals surface area contributed by atoms with Crippen LogP contribution in [-0.2, 0) is 4.74 Å². The summed E-state index contributed by atoms with van der Waals surface area (Å²) in [6.07, 6.45) is -0.256. The summed E-state index contributed by atoms with van der Waals surface area (Å²) in [6.45, 7) is 14.4. The molecule has 0 fully saturated rings. The van der Waals surface area contributed by atoms with Crippen LogP contribution in [0.15, 0.2) is 0 Å². The number of rotatable bonds is 2. The summed E-state index contributed by atoms with van der Waals surface area (Å²) >= 11 is 0. The summed E-state index contributed by atoms with van der Waals surface area (Å²) in [4.78, 5) is 0. The predicted octanol–water partition coefficient (Wildman–Crippen LogP) is 4.41. The zero-order valence-electron chi connectivity index (χ0n) is 13.6. The van der Waals surface area contributed by atoms with Crippen LogP contribution in [-0.4, -0.2) is 11.4 Å². The van der Waals surface area contributed by atoms with Crippen molar-refractivity contribution < 1.29 is 14.6 Å². The molecule has 0 radical (unpaired) electrons. The Kier molecular flexibility index (Phi) is 4.01. The van der Waals surface area contributed by atoms with Crippen LogP contribution >= 0.6 is 0 Å². The molecule has 20 heavy (non-hydrogen) atoms. The van der Waals surface area contributed by atoms with Crippen LogP contribution in [0.5, 0.6) is 11.5 Å². The molecular weight excluding hydrogens is 252 g/mol. The Balaban J connectivity index is 2.65. The number of benzene rings is 1. The van der Waals surface area contributed by atoms with E-state index in [0.717, 1.165) is 28.0 Å². The molecule has 0 aromatic heterocycles. The van der Waals surface area contributed by atoms with Gasteiger partial charge in [0.25, 0.3) is 0 Å². The Bertz CT molecular complexity index is 518. The van der Waals surface area contributed by atoms with E-state index in [1.807, 2.05) is 20.8 Å². The topological polar surface area (TPSA) is 38.7 Å². The van der Waals surface area contributed by atoms with E-state index in [0.29, 0.717) is 17.6 Å². The zero-order valence-corrected chi connectivity index (χ0v) is 13.6. The first-order valence-electron chi connectivity index (χ1n) is 7.40. The summed E-state index contributed by atoms with van der Waals surface area (Å²) in [5, 5.41) is 10.3. The van der Waals surface area contributed by atoms with Gasteiger partial charge in [-0.3, -0.25) is 0 Å². The standard InChI is InChI=1S/C17H26O3/c1-8(2)15-13-12(7)14(18)10(5)11(6)16(13)20-17(19-15)9(3)4/h8-9,15,17-18H,1-7H3/t15-,17-/m1/s1. The van der Waals surface area contributed by atoms with Crippen LogP contribution in [0.1, 0.15) is 56.1 Å². The third kappa shape index (κ3) is 2.28. The Morgan fingerprint density at radius 3 is 2.00 bits per heavy atom. The van der Waals surface area contributed by atoms with Gasteiger partial charge in [0.1, 0.15) is 11.5 Å². The minimum atomic E-state index is -0.225. The van der Waals surface area contributed by atoms with E-state index in [1.54, 1.807) is 0 Å². The lowest BCUT2D eigenvalue weighted by Crippen LogP contribution is -2.35. The fourth-order valence-corrected chi connectivity index (χ4v) is 2.76. The molecule has 3 heteroatoms. The maximum Gasteiger partial charge on any atom is 0.202 e. The molecule has 0 saturated carbocycles. The van der Waals surface area contributed by atoms with Crippen molar-refractivity contribution in [2.75, 3.05) is 0 Å². The van der Waals surface area contributed by atoms with Gasteiger partial charge in [0.2, 0.25) is 6.29 Å². The van der Waals surface area contributed by atoms with E-state index in [1.165, 1.54) is 0 Å². The molecule has 2 rings (SSSR count). The monoisotopic (exact) mass is 278 g/mol. The van der Waals surface area contributed by atoms with Crippen LogP contribution in [0.3, 0.4) is 0 Å². The average Bonchev–Trinajstić information content (AvgIpc) is 2.41. The van der Waals surface area contributed by atoms with Gasteiger partial charge in [-0.2, -0.15) is 0 Å². The minimum absolute atomic E-state index is 0.0312. The van der Waals surface area contributed by atoms with Crippen molar-refractivity contribution >= 4 is 0 Å². The maximum absolute atomic E-state index is 10.3. The van der Waals surface area contributed by atoms with Crippen LogP contribution in [0.4, 0.5) is 0 Å². The van der Waals surface area contributed by atoms with Gasteiger partial charge < -0.3 is 14.6 Å². The lowest BCUT2D eigenvalue weighted by molar-refractivity contribution is -0.174. The van der Waals surface area contributed by atoms with Crippen molar-refractivity contribution in [2.24, 2.45) is 11.8 Å². The number of hydrogen-bond acceptors (Lipinski definition) is 3. The quantitative estimate of drug-likeness (QED) is 0.871. The molecule has 1 aliphatic rings. The molecule has 0 amide bonds. The molecule has 1 heterocycles. The van der Waals surface area contributed by atoms with Crippen LogP contribution < -0.4 is 4.74 Å². The first kappa shape index (κ1) is 15.2. The van der Waals surface area contributed by atoms with E-state index in [-0.39, 0.29) is 12.4 Å². The van der Waals surface area contributed by atoms with Crippen molar-refractivity contribution in [1.29, 1.82) is 0 Å². The zero-order chi connectivity index (χ0) is 15.2. The minimum Gasteiger partial charge on any atom is -0.507 e. The highest BCUT2D eigenvalue weighted by Crippen LogP contribution is 2.47. The third-order valence-corrected chi connectivity index (χ3v) is 4.21. The van der Waals surface area contributed by atoms with Crippen molar-refractivity contribution in [2.45, 2.75) is 60.9 Å². The summed E-state index contributed by atoms with van der Waals surface area (Å²) in [5.41, 5.74) is 3.80. The van der Waals surface area contributed by atoms with E-state index in [9.17, 15) is 5.11 Å². The molecule has 1 N–H and O–H groups in total. The van der Waals surface area contributed by atoms with Gasteiger partial charge in [-0.05, 0) is 37.8 Å². The molecule has 112 valence electrons. The number of phenolic OH excluding ortho intramolecular Hbond substituents is 1. The fraction of sp³-hybridized carbons (Fsp3) is 0.647. The first-order chi connectivity index (χ1) is 9.25. The molecule has 1 aliphatic heterocycles. The number of ether oxygens (including phenoxy) is 2. The van der Waals surface area contributed by atoms with E-state index in [2.05, 4.69) is 27.7 Å². The Hall–Kier alpha value is -1.22. The van der Waals surface area contributed by atoms with Gasteiger partial charge in [-0.1, -0.05) is 27.7 Å². The van der Waals surface area contributed by atoms with Gasteiger partial charge >= 0.3 is 0 Å². The van der Waals surface area contributed by atoms with E-state index >= 15 is 0 Å². The number of phenols is 1. The molecule has 0 spiro atoms. The van der Waals surface area contributed by atoms with Crippen molar-refractivity contribution in [3.05, 3.63) is 22.3 Å². The predicted molar refractivity (Wildman–Crippen MR) is 80.2 cm³/mol. The van der Waals surface area contributed by atoms with Gasteiger partial charge in [0, 0.05) is 17.0 Å². The second-order valence-electron chi connectivity index (χ2n) is 6.50. The smallest absolute Gasteiger partial charge is 0.202 e. The highest BCUT2D eigenvalue weighted by Gasteiger charge is 2.36. The molecule has 0 saturated heterocycles. The molecular formula is C17H26O3. The second kappa shape index (κ2) is 5.28. The lowest BCUT2D eigenvalue weighted by Gasteiger charge is -2.38. The Morgan fingerprint density at radius 2 is 1.50 bits per heavy atom. The van der Waals surface area contributed by atoms with Crippen LogP contribution in [0, 0.1) is 32.6 Å². The SMILES string of the molecule is Cc1c(C)c2c(c(C)c1O)[C@@H](C(C)C)O[C@@H](C(C)C)O2. The fourth-order valence-electron chi connectivity index (χ4n) is 2.76. The number of fused-ring (bicyclic) bond motifs is 1. The highest BCUT2D eigenvalue weighted by atomic mass is 16.7. The first-order valence-corrected chi connectivity index (χ1v) is 7.40. The summed E-state index contributed by atoms with van der Waals surface area (Å²) < 4.78 is 12.2. The molecule has 1 aromatic carbocycles. The normalized spacial score (nSPS) is 22.1. The Morgan fingerprint density at radius 1 is 0.900 bits per heavy atom. The van der Waals surface area contributed by atoms with Crippen LogP contribution in [0.25, 0.3) is 0 Å². The third-order valence-electron chi connectivity index (χ3n) is 4.21. The molecule has 2 atom stereocenters. The lowest BCUT2D eigenvalue weighted by atomic mass is 9.88. The number of aromatic hydroxyl groups is 1. The summed E-state index contributed by atoms with van der Waals surface area (Å²) in [7, 11) is 0. The average molecular weight is 278 g/mol. The maximum atomic E-state index is 10.3. The largest absolute Gasteiger partial charge is 0.507 e. The summed E-state index contributed by atoms with van der Waals surface area (Å²) in [6, 6.07) is 0. The number of hydrogen-bond donors (Lipinski definition) is 1. The van der Waals surface area contributed by atoms with Crippen molar-refractivity contribution in [3.8, 4) is 11.5 Å². The van der Waals surface area contributed by atoms with Gasteiger partial charge in [-0.25, -0.2) is 0 Å². The molecule has 1 aromatic rings. The van der Waals surface area contributed by atoms with Gasteiger partial charge in [0.15, 0.2) is 0 Å². The summed E-state index contributed by atoms with van der Waals surface area (Å²) in [5.74, 6) is 1.89. The second-order valence-corrected chi connectivity index (χ2v) is 6.50. The molecule has 0 bridgehead atoms. The molecule has 0 aliphatic carbocycles. The Labute approximate surface area is 121 Å². The van der Waals surface area contributed by atoms with Crippen molar-refractivity contribution in [1.82, 2.24) is 0 Å². The highest BCUT2D eigenvalue weighted by molar-refractivity contribution is 5.58. The van der Waals surface area contributed by atoms with E-state index < -0.39 is 0 Å². The van der Waals surface area contributed by atoms with Gasteiger partial charge in [0.05, 0.1) is 6.10 Å². The molecule has 0 unspecified atom stereocenters. The molecule has 3 nitrogen and oxygen atoms in total. The van der Waals surface area contributed by atoms with Crippen molar-refractivity contribution in [3.63, 3.8) is 0 Å². The van der Waals surface area contributed by atoms with Crippen LogP contribution in [0.2, 0.25) is 0 Å². The van der Waals surface area contributed by atoms with Gasteiger partial charge in [-0.15, -0.1) is 0 Å².